The van der Waals surface area contributed by atoms with Crippen LogP contribution in [0.5, 0.6) is 0 Å². The largest absolute Gasteiger partial charge is 0.297 e. The number of nitrogens with two attached hydrogens (primary N) is 1. The molecule has 1 aliphatic heterocycles. The number of rotatable bonds is 6. The molecule has 16 heavy (non-hydrogen) atoms. The molecule has 0 saturated carbocycles. The topological polar surface area (TPSA) is 41.3 Å². The van der Waals surface area contributed by atoms with Gasteiger partial charge < -0.3 is 0 Å². The summed E-state index contributed by atoms with van der Waals surface area (Å²) in [7, 11) is 0. The van der Waals surface area contributed by atoms with E-state index in [2.05, 4.69) is 38.0 Å². The molecule has 1 unspecified atom stereocenters. The van der Waals surface area contributed by atoms with E-state index >= 15 is 0 Å². The van der Waals surface area contributed by atoms with E-state index in [0.29, 0.717) is 12.0 Å². The van der Waals surface area contributed by atoms with Gasteiger partial charge in [-0.25, -0.2) is 0 Å². The third-order valence-corrected chi connectivity index (χ3v) is 4.38. The quantitative estimate of drug-likeness (QED) is 0.539. The monoisotopic (exact) mass is 227 g/mol. The lowest BCUT2D eigenvalue weighted by Gasteiger charge is -2.45. The zero-order valence-corrected chi connectivity index (χ0v) is 11.4. The fraction of sp³-hybridized carbons (Fsp3) is 1.00. The number of hydrogen-bond acceptors (Lipinski definition) is 3. The molecular formula is C13H29N3. The molecule has 0 bridgehead atoms. The van der Waals surface area contributed by atoms with Gasteiger partial charge in [0.05, 0.1) is 0 Å². The van der Waals surface area contributed by atoms with Crippen molar-refractivity contribution in [2.75, 3.05) is 13.1 Å². The summed E-state index contributed by atoms with van der Waals surface area (Å²) in [6.45, 7) is 11.6. The molecule has 1 saturated heterocycles. The van der Waals surface area contributed by atoms with Crippen molar-refractivity contribution in [3.63, 3.8) is 0 Å². The molecule has 0 amide bonds. The van der Waals surface area contributed by atoms with Crippen molar-refractivity contribution in [3.05, 3.63) is 0 Å². The average Bonchev–Trinajstić information content (AvgIpc) is 2.79. The van der Waals surface area contributed by atoms with Gasteiger partial charge in [0.2, 0.25) is 0 Å². The summed E-state index contributed by atoms with van der Waals surface area (Å²) >= 11 is 0. The Morgan fingerprint density at radius 2 is 1.69 bits per heavy atom. The van der Waals surface area contributed by atoms with Crippen molar-refractivity contribution in [2.45, 2.75) is 65.0 Å². The molecule has 1 fully saturated rings. The Balaban J connectivity index is 2.75. The standard InChI is InChI=1S/C13H29N3/c1-5-11(6-2)12(15-14)13(3,4)16-9-7-8-10-16/h11-12,15H,5-10,14H2,1-4H3. The molecule has 0 aromatic rings. The van der Waals surface area contributed by atoms with Crippen LogP contribution >= 0.6 is 0 Å². The summed E-state index contributed by atoms with van der Waals surface area (Å²) in [4.78, 5) is 2.59. The molecule has 1 aliphatic rings. The van der Waals surface area contributed by atoms with Crippen molar-refractivity contribution < 1.29 is 0 Å². The first kappa shape index (κ1) is 13.9. The van der Waals surface area contributed by atoms with E-state index in [1.54, 1.807) is 0 Å². The van der Waals surface area contributed by atoms with Crippen LogP contribution in [0.2, 0.25) is 0 Å². The van der Waals surface area contributed by atoms with Gasteiger partial charge in [-0.05, 0) is 45.7 Å². The number of likely N-dealkylation sites (tertiary alicyclic amines) is 1. The van der Waals surface area contributed by atoms with E-state index in [4.69, 9.17) is 5.84 Å². The van der Waals surface area contributed by atoms with Crippen molar-refractivity contribution in [2.24, 2.45) is 11.8 Å². The van der Waals surface area contributed by atoms with Crippen LogP contribution in [0.1, 0.15) is 53.4 Å². The highest BCUT2D eigenvalue weighted by atomic mass is 15.3. The number of hydrazine groups is 1. The summed E-state index contributed by atoms with van der Waals surface area (Å²) in [5.41, 5.74) is 3.25. The van der Waals surface area contributed by atoms with Gasteiger partial charge in [0, 0.05) is 11.6 Å². The van der Waals surface area contributed by atoms with E-state index in [0.717, 1.165) is 0 Å². The maximum absolute atomic E-state index is 5.80. The van der Waals surface area contributed by atoms with Crippen molar-refractivity contribution in [1.29, 1.82) is 0 Å². The minimum absolute atomic E-state index is 0.169. The van der Waals surface area contributed by atoms with E-state index < -0.39 is 0 Å². The molecule has 96 valence electrons. The lowest BCUT2D eigenvalue weighted by Crippen LogP contribution is -2.61. The van der Waals surface area contributed by atoms with Crippen molar-refractivity contribution in [1.82, 2.24) is 10.3 Å². The molecule has 0 aromatic carbocycles. The molecule has 0 aliphatic carbocycles. The first-order valence-electron chi connectivity index (χ1n) is 6.79. The summed E-state index contributed by atoms with van der Waals surface area (Å²) < 4.78 is 0. The molecule has 3 nitrogen and oxygen atoms in total. The minimum atomic E-state index is 0.169. The van der Waals surface area contributed by atoms with Crippen LogP contribution in [-0.4, -0.2) is 29.6 Å². The van der Waals surface area contributed by atoms with Gasteiger partial charge in [-0.1, -0.05) is 26.7 Å². The van der Waals surface area contributed by atoms with Gasteiger partial charge in [-0.15, -0.1) is 0 Å². The van der Waals surface area contributed by atoms with Gasteiger partial charge >= 0.3 is 0 Å². The van der Waals surface area contributed by atoms with Crippen LogP contribution in [0.3, 0.4) is 0 Å². The molecular weight excluding hydrogens is 198 g/mol. The lowest BCUT2D eigenvalue weighted by molar-refractivity contribution is 0.0744. The Hall–Kier alpha value is -0.120. The zero-order valence-electron chi connectivity index (χ0n) is 11.4. The molecule has 3 N–H and O–H groups in total. The van der Waals surface area contributed by atoms with Crippen LogP contribution < -0.4 is 11.3 Å². The molecule has 0 aromatic heterocycles. The number of nitrogens with one attached hydrogen (secondary N) is 1. The smallest absolute Gasteiger partial charge is 0.0417 e. The van der Waals surface area contributed by atoms with Crippen LogP contribution in [0.4, 0.5) is 0 Å². The summed E-state index contributed by atoms with van der Waals surface area (Å²) in [5, 5.41) is 0. The van der Waals surface area contributed by atoms with Gasteiger partial charge in [0.25, 0.3) is 0 Å². The van der Waals surface area contributed by atoms with E-state index in [-0.39, 0.29) is 5.54 Å². The molecule has 1 heterocycles. The Labute approximate surface area is 101 Å². The van der Waals surface area contributed by atoms with Crippen LogP contribution in [0, 0.1) is 5.92 Å². The van der Waals surface area contributed by atoms with Crippen molar-refractivity contribution in [3.8, 4) is 0 Å². The van der Waals surface area contributed by atoms with Crippen molar-refractivity contribution >= 4 is 0 Å². The third-order valence-electron chi connectivity index (χ3n) is 4.38. The molecule has 0 spiro atoms. The molecule has 1 atom stereocenters. The maximum atomic E-state index is 5.80. The first-order chi connectivity index (χ1) is 7.57. The highest BCUT2D eigenvalue weighted by Gasteiger charge is 2.39. The highest BCUT2D eigenvalue weighted by molar-refractivity contribution is 4.97. The van der Waals surface area contributed by atoms with E-state index in [9.17, 15) is 0 Å². The fourth-order valence-electron chi connectivity index (χ4n) is 3.17. The second-order valence-corrected chi connectivity index (χ2v) is 5.57. The fourth-order valence-corrected chi connectivity index (χ4v) is 3.17. The molecule has 3 heteroatoms. The van der Waals surface area contributed by atoms with Gasteiger partial charge in [0.1, 0.15) is 0 Å². The predicted octanol–water partition coefficient (Wildman–Crippen LogP) is 2.13. The first-order valence-corrected chi connectivity index (χ1v) is 6.79. The van der Waals surface area contributed by atoms with Gasteiger partial charge in [-0.2, -0.15) is 0 Å². The van der Waals surface area contributed by atoms with Crippen LogP contribution in [0.25, 0.3) is 0 Å². The highest BCUT2D eigenvalue weighted by Crippen LogP contribution is 2.30. The SMILES string of the molecule is CCC(CC)C(NN)C(C)(C)N1CCCC1. The zero-order chi connectivity index (χ0) is 12.2. The van der Waals surface area contributed by atoms with Gasteiger partial charge in [-0.3, -0.25) is 16.2 Å². The minimum Gasteiger partial charge on any atom is -0.297 e. The second-order valence-electron chi connectivity index (χ2n) is 5.57. The van der Waals surface area contributed by atoms with Crippen LogP contribution in [0.15, 0.2) is 0 Å². The van der Waals surface area contributed by atoms with E-state index in [1.807, 2.05) is 0 Å². The Kier molecular flexibility index (Phi) is 5.22. The Bertz CT molecular complexity index is 193. The summed E-state index contributed by atoms with van der Waals surface area (Å²) in [5.74, 6) is 6.47. The summed E-state index contributed by atoms with van der Waals surface area (Å²) in [6, 6.07) is 0.389. The lowest BCUT2D eigenvalue weighted by atomic mass is 9.81. The van der Waals surface area contributed by atoms with E-state index in [1.165, 1.54) is 38.8 Å². The summed E-state index contributed by atoms with van der Waals surface area (Å²) in [6.07, 6.45) is 5.07. The second kappa shape index (κ2) is 5.99. The van der Waals surface area contributed by atoms with Crippen LogP contribution in [-0.2, 0) is 0 Å². The maximum Gasteiger partial charge on any atom is 0.0417 e. The normalized spacial score (nSPS) is 20.6. The Morgan fingerprint density at radius 1 is 1.19 bits per heavy atom. The average molecular weight is 227 g/mol. The van der Waals surface area contributed by atoms with Gasteiger partial charge in [0.15, 0.2) is 0 Å². The molecule has 1 rings (SSSR count). The molecule has 0 radical (unpaired) electrons. The Morgan fingerprint density at radius 3 is 2.06 bits per heavy atom. The number of nitrogens with zero attached hydrogens (tertiary/aromatic N) is 1. The number of hydrogen-bond donors (Lipinski definition) is 2. The predicted molar refractivity (Wildman–Crippen MR) is 70.1 cm³/mol. The third kappa shape index (κ3) is 2.76.